The predicted octanol–water partition coefficient (Wildman–Crippen LogP) is 4.37. The summed E-state index contributed by atoms with van der Waals surface area (Å²) in [6.07, 6.45) is 2.09. The van der Waals surface area contributed by atoms with Crippen molar-refractivity contribution in [1.82, 2.24) is 0 Å². The number of hydrogen-bond acceptors (Lipinski definition) is 1. The minimum Gasteiger partial charge on any atom is -0.207 e. The Morgan fingerprint density at radius 1 is 1.31 bits per heavy atom. The molecular weight excluding hydrogens is 243 g/mol. The van der Waals surface area contributed by atoms with Crippen LogP contribution in [-0.2, 0) is 6.42 Å². The highest BCUT2D eigenvalue weighted by Crippen LogP contribution is 2.17. The molecule has 0 saturated heterocycles. The summed E-state index contributed by atoms with van der Waals surface area (Å²) in [5, 5.41) is 0. The highest BCUT2D eigenvalue weighted by molar-refractivity contribution is 7.99. The topological polar surface area (TPSA) is 0 Å². The minimum atomic E-state index is -0.173. The Balaban J connectivity index is 2.40. The molecule has 16 heavy (non-hydrogen) atoms. The van der Waals surface area contributed by atoms with E-state index < -0.39 is 0 Å². The van der Waals surface area contributed by atoms with E-state index in [1.54, 1.807) is 0 Å². The molecule has 1 rings (SSSR count). The van der Waals surface area contributed by atoms with Crippen molar-refractivity contribution in [2.24, 2.45) is 5.92 Å². The molecular formula is C13H18ClFS. The zero-order valence-electron chi connectivity index (χ0n) is 9.59. The molecule has 0 radical (unpaired) electrons. The normalized spacial score (nSPS) is 12.7. The lowest BCUT2D eigenvalue weighted by atomic mass is 9.99. The average molecular weight is 261 g/mol. The Hall–Kier alpha value is -0.210. The van der Waals surface area contributed by atoms with Crippen LogP contribution in [0.4, 0.5) is 4.39 Å². The molecule has 0 aliphatic carbocycles. The second kappa shape index (κ2) is 7.97. The van der Waals surface area contributed by atoms with Crippen molar-refractivity contribution in [3.8, 4) is 0 Å². The van der Waals surface area contributed by atoms with Gasteiger partial charge < -0.3 is 0 Å². The smallest absolute Gasteiger partial charge is 0.123 e. The third kappa shape index (κ3) is 5.22. The number of hydrogen-bond donors (Lipinski definition) is 0. The molecule has 1 aromatic rings. The lowest BCUT2D eigenvalue weighted by Crippen LogP contribution is -2.08. The van der Waals surface area contributed by atoms with Gasteiger partial charge in [0.25, 0.3) is 0 Å². The number of thioether (sulfide) groups is 1. The SMILES string of the molecule is CCSCCC(CCl)Cc1ccc(F)cc1. The first-order chi connectivity index (χ1) is 7.76. The molecule has 3 heteroatoms. The molecule has 1 aromatic carbocycles. The monoisotopic (exact) mass is 260 g/mol. The summed E-state index contributed by atoms with van der Waals surface area (Å²) in [5.74, 6) is 3.33. The van der Waals surface area contributed by atoms with Gasteiger partial charge in [0, 0.05) is 5.88 Å². The third-order valence-corrected chi connectivity index (χ3v) is 3.90. The van der Waals surface area contributed by atoms with Crippen LogP contribution in [0.25, 0.3) is 0 Å². The maximum atomic E-state index is 12.7. The fourth-order valence-corrected chi connectivity index (χ4v) is 2.63. The zero-order chi connectivity index (χ0) is 11.8. The molecule has 0 fully saturated rings. The fourth-order valence-electron chi connectivity index (χ4n) is 1.58. The summed E-state index contributed by atoms with van der Waals surface area (Å²) in [5.41, 5.74) is 1.17. The Morgan fingerprint density at radius 2 is 2.00 bits per heavy atom. The second-order valence-corrected chi connectivity index (χ2v) is 5.54. The minimum absolute atomic E-state index is 0.173. The summed E-state index contributed by atoms with van der Waals surface area (Å²) in [4.78, 5) is 0. The first-order valence-electron chi connectivity index (χ1n) is 5.64. The average Bonchev–Trinajstić information content (AvgIpc) is 2.31. The van der Waals surface area contributed by atoms with E-state index in [0.717, 1.165) is 24.3 Å². The van der Waals surface area contributed by atoms with Gasteiger partial charge in [-0.2, -0.15) is 11.8 Å². The van der Waals surface area contributed by atoms with E-state index in [1.807, 2.05) is 23.9 Å². The van der Waals surface area contributed by atoms with Crippen LogP contribution in [0, 0.1) is 11.7 Å². The van der Waals surface area contributed by atoms with E-state index in [2.05, 4.69) is 6.92 Å². The fraction of sp³-hybridized carbons (Fsp3) is 0.538. The second-order valence-electron chi connectivity index (χ2n) is 3.84. The quantitative estimate of drug-likeness (QED) is 0.518. The number of halogens is 2. The summed E-state index contributed by atoms with van der Waals surface area (Å²) in [6, 6.07) is 6.73. The van der Waals surface area contributed by atoms with Gasteiger partial charge in [-0.3, -0.25) is 0 Å². The molecule has 0 aromatic heterocycles. The van der Waals surface area contributed by atoms with Crippen LogP contribution in [-0.4, -0.2) is 17.4 Å². The van der Waals surface area contributed by atoms with Gasteiger partial charge >= 0.3 is 0 Å². The van der Waals surface area contributed by atoms with Crippen LogP contribution in [0.2, 0.25) is 0 Å². The van der Waals surface area contributed by atoms with Crippen LogP contribution in [0.15, 0.2) is 24.3 Å². The Labute approximate surface area is 107 Å². The molecule has 0 heterocycles. The van der Waals surface area contributed by atoms with Gasteiger partial charge in [-0.05, 0) is 48.0 Å². The van der Waals surface area contributed by atoms with Crippen molar-refractivity contribution in [3.05, 3.63) is 35.6 Å². The predicted molar refractivity (Wildman–Crippen MR) is 71.9 cm³/mol. The molecule has 0 spiro atoms. The summed E-state index contributed by atoms with van der Waals surface area (Å²) >= 11 is 7.89. The van der Waals surface area contributed by atoms with Gasteiger partial charge in [0.05, 0.1) is 0 Å². The van der Waals surface area contributed by atoms with E-state index in [1.165, 1.54) is 17.7 Å². The van der Waals surface area contributed by atoms with E-state index in [-0.39, 0.29) is 5.82 Å². The standard InChI is InChI=1S/C13H18ClFS/c1-2-16-8-7-12(10-14)9-11-3-5-13(15)6-4-11/h3-6,12H,2,7-10H2,1H3. The van der Waals surface area contributed by atoms with Gasteiger partial charge in [0.1, 0.15) is 5.82 Å². The lowest BCUT2D eigenvalue weighted by Gasteiger charge is -2.13. The van der Waals surface area contributed by atoms with Crippen molar-refractivity contribution < 1.29 is 4.39 Å². The molecule has 0 bridgehead atoms. The molecule has 0 N–H and O–H groups in total. The molecule has 0 aliphatic heterocycles. The van der Waals surface area contributed by atoms with Crippen molar-refractivity contribution in [2.45, 2.75) is 19.8 Å². The van der Waals surface area contributed by atoms with Crippen LogP contribution in [0.3, 0.4) is 0 Å². The van der Waals surface area contributed by atoms with E-state index in [9.17, 15) is 4.39 Å². The van der Waals surface area contributed by atoms with Crippen molar-refractivity contribution in [1.29, 1.82) is 0 Å². The van der Waals surface area contributed by atoms with Gasteiger partial charge in [-0.15, -0.1) is 11.6 Å². The number of alkyl halides is 1. The van der Waals surface area contributed by atoms with Crippen LogP contribution in [0.5, 0.6) is 0 Å². The molecule has 0 nitrogen and oxygen atoms in total. The van der Waals surface area contributed by atoms with Crippen molar-refractivity contribution >= 4 is 23.4 Å². The molecule has 0 aliphatic rings. The van der Waals surface area contributed by atoms with Crippen LogP contribution >= 0.6 is 23.4 Å². The summed E-state index contributed by atoms with van der Waals surface area (Å²) in [6.45, 7) is 2.17. The summed E-state index contributed by atoms with van der Waals surface area (Å²) in [7, 11) is 0. The Morgan fingerprint density at radius 3 is 2.56 bits per heavy atom. The van der Waals surface area contributed by atoms with E-state index in [0.29, 0.717) is 11.8 Å². The molecule has 1 atom stereocenters. The number of rotatable bonds is 7. The van der Waals surface area contributed by atoms with Crippen LogP contribution < -0.4 is 0 Å². The first-order valence-corrected chi connectivity index (χ1v) is 7.33. The first kappa shape index (κ1) is 13.9. The van der Waals surface area contributed by atoms with E-state index >= 15 is 0 Å². The molecule has 0 amide bonds. The Bertz CT molecular complexity index is 286. The Kier molecular flexibility index (Phi) is 6.90. The zero-order valence-corrected chi connectivity index (χ0v) is 11.2. The molecule has 0 saturated carbocycles. The van der Waals surface area contributed by atoms with Crippen molar-refractivity contribution in [3.63, 3.8) is 0 Å². The number of benzene rings is 1. The van der Waals surface area contributed by atoms with E-state index in [4.69, 9.17) is 11.6 Å². The van der Waals surface area contributed by atoms with Crippen molar-refractivity contribution in [2.75, 3.05) is 17.4 Å². The maximum Gasteiger partial charge on any atom is 0.123 e. The van der Waals surface area contributed by atoms with Gasteiger partial charge in [-0.25, -0.2) is 4.39 Å². The van der Waals surface area contributed by atoms with Gasteiger partial charge in [0.15, 0.2) is 0 Å². The highest BCUT2D eigenvalue weighted by atomic mass is 35.5. The summed E-state index contributed by atoms with van der Waals surface area (Å²) < 4.78 is 12.7. The third-order valence-electron chi connectivity index (χ3n) is 2.53. The maximum absolute atomic E-state index is 12.7. The lowest BCUT2D eigenvalue weighted by molar-refractivity contribution is 0.569. The van der Waals surface area contributed by atoms with Gasteiger partial charge in [0.2, 0.25) is 0 Å². The highest BCUT2D eigenvalue weighted by Gasteiger charge is 2.08. The van der Waals surface area contributed by atoms with Gasteiger partial charge in [-0.1, -0.05) is 19.1 Å². The van der Waals surface area contributed by atoms with Crippen LogP contribution in [0.1, 0.15) is 18.9 Å². The largest absolute Gasteiger partial charge is 0.207 e. The molecule has 90 valence electrons. The molecule has 1 unspecified atom stereocenters.